The Hall–Kier alpha value is -3.02. The van der Waals surface area contributed by atoms with Crippen molar-refractivity contribution < 1.29 is 32.0 Å². The van der Waals surface area contributed by atoms with E-state index >= 15 is 0 Å². The van der Waals surface area contributed by atoms with E-state index in [0.29, 0.717) is 29.8 Å². The molecule has 2 aliphatic carbocycles. The number of carbonyl (C=O) groups is 4. The zero-order valence-corrected chi connectivity index (χ0v) is 25.8. The van der Waals surface area contributed by atoms with Gasteiger partial charge in [0.05, 0.1) is 26.6 Å². The molecular formula is C30H32Cl2FN3O6S. The Balaban J connectivity index is 1.44. The second kappa shape index (κ2) is 12.2. The zero-order chi connectivity index (χ0) is 31.1. The topological polar surface area (TPSA) is 130 Å². The van der Waals surface area contributed by atoms with Gasteiger partial charge in [-0.15, -0.1) is 0 Å². The van der Waals surface area contributed by atoms with Crippen LogP contribution in [0, 0.1) is 5.82 Å². The maximum Gasteiger partial charge on any atom is 0.289 e. The van der Waals surface area contributed by atoms with E-state index in [-0.39, 0.29) is 35.3 Å². The van der Waals surface area contributed by atoms with Crippen LogP contribution in [0.4, 0.5) is 4.39 Å². The highest BCUT2D eigenvalue weighted by molar-refractivity contribution is 7.92. The van der Waals surface area contributed by atoms with Gasteiger partial charge in [0, 0.05) is 17.6 Å². The summed E-state index contributed by atoms with van der Waals surface area (Å²) in [4.78, 5) is 54.3. The van der Waals surface area contributed by atoms with Crippen LogP contribution in [0.25, 0.3) is 0 Å². The Labute approximate surface area is 259 Å². The number of rotatable bonds is 11. The van der Waals surface area contributed by atoms with Crippen LogP contribution in [-0.2, 0) is 34.4 Å². The van der Waals surface area contributed by atoms with Crippen LogP contribution in [0.2, 0.25) is 10.0 Å². The summed E-state index contributed by atoms with van der Waals surface area (Å²) in [6.45, 7) is 1.49. The number of hydrogen-bond donors (Lipinski definition) is 2. The average Bonchev–Trinajstić information content (AvgIpc) is 3.89. The number of amides is 3. The molecule has 3 fully saturated rings. The molecule has 1 saturated heterocycles. The van der Waals surface area contributed by atoms with Gasteiger partial charge in [0.1, 0.15) is 11.9 Å². The second-order valence-electron chi connectivity index (χ2n) is 11.5. The minimum Gasteiger partial charge on any atom is -0.347 e. The molecule has 1 unspecified atom stereocenters. The summed E-state index contributed by atoms with van der Waals surface area (Å²) in [5.74, 6) is -3.43. The monoisotopic (exact) mass is 651 g/mol. The first-order valence-electron chi connectivity index (χ1n) is 14.3. The van der Waals surface area contributed by atoms with E-state index in [0.717, 1.165) is 31.0 Å². The van der Waals surface area contributed by atoms with Gasteiger partial charge in [-0.25, -0.2) is 12.8 Å². The Morgan fingerprint density at radius 2 is 1.74 bits per heavy atom. The van der Waals surface area contributed by atoms with Crippen molar-refractivity contribution in [2.75, 3.05) is 6.54 Å². The van der Waals surface area contributed by atoms with Gasteiger partial charge < -0.3 is 15.5 Å². The van der Waals surface area contributed by atoms with Crippen LogP contribution in [0.1, 0.15) is 57.4 Å². The van der Waals surface area contributed by atoms with Crippen molar-refractivity contribution in [1.82, 2.24) is 15.5 Å². The normalized spacial score (nSPS) is 21.6. The summed E-state index contributed by atoms with van der Waals surface area (Å²) < 4.78 is 41.1. The quantitative estimate of drug-likeness (QED) is 0.281. The number of Topliss-reactive ketones (excluding diaryl/α,β-unsaturated/α-hetero) is 1. The Bertz CT molecular complexity index is 1560. The van der Waals surface area contributed by atoms with Crippen LogP contribution in [0.5, 0.6) is 0 Å². The molecular weight excluding hydrogens is 620 g/mol. The molecule has 0 radical (unpaired) electrons. The van der Waals surface area contributed by atoms with Crippen LogP contribution < -0.4 is 10.6 Å². The molecule has 5 rings (SSSR count). The molecule has 0 aromatic heterocycles. The van der Waals surface area contributed by atoms with Gasteiger partial charge in [-0.2, -0.15) is 0 Å². The van der Waals surface area contributed by atoms with Gasteiger partial charge in [-0.05, 0) is 74.4 Å². The van der Waals surface area contributed by atoms with E-state index < -0.39 is 61.9 Å². The summed E-state index contributed by atoms with van der Waals surface area (Å²) in [6, 6.07) is 7.31. The number of carbonyl (C=O) groups excluding carboxylic acids is 4. The fourth-order valence-corrected chi connectivity index (χ4v) is 8.00. The maximum absolute atomic E-state index is 14.1. The lowest BCUT2D eigenvalue weighted by atomic mass is 9.94. The summed E-state index contributed by atoms with van der Waals surface area (Å²) in [6.07, 6.45) is 2.96. The van der Waals surface area contributed by atoms with Gasteiger partial charge in [0.15, 0.2) is 9.84 Å². The lowest BCUT2D eigenvalue weighted by molar-refractivity contribution is -0.143. The Morgan fingerprint density at radius 3 is 2.33 bits per heavy atom. The van der Waals surface area contributed by atoms with E-state index in [1.54, 1.807) is 31.2 Å². The van der Waals surface area contributed by atoms with Crippen LogP contribution in [0.3, 0.4) is 0 Å². The third kappa shape index (κ3) is 6.44. The van der Waals surface area contributed by atoms with E-state index in [1.165, 1.54) is 4.90 Å². The van der Waals surface area contributed by atoms with Gasteiger partial charge in [-0.3, -0.25) is 19.2 Å². The highest BCUT2D eigenvalue weighted by Crippen LogP contribution is 2.51. The second-order valence-corrected chi connectivity index (χ2v) is 14.5. The SMILES string of the molecule is CCCC(NC(=O)[C@@H]1C[C@@H](S(=O)(=O)c2ccc(F)cc2Cl)CN1C(=O)C1(c2ccc(Cl)cc2)CC1)C(=O)C(=O)NC1CC1. The fraction of sp³-hybridized carbons (Fsp3) is 0.467. The summed E-state index contributed by atoms with van der Waals surface area (Å²) >= 11 is 12.2. The summed E-state index contributed by atoms with van der Waals surface area (Å²) in [5, 5.41) is 4.23. The van der Waals surface area contributed by atoms with Crippen LogP contribution in [0.15, 0.2) is 47.4 Å². The molecule has 0 bridgehead atoms. The molecule has 9 nitrogen and oxygen atoms in total. The molecule has 1 aliphatic heterocycles. The first kappa shape index (κ1) is 31.4. The number of halogens is 3. The van der Waals surface area contributed by atoms with E-state index in [9.17, 15) is 32.0 Å². The first-order valence-corrected chi connectivity index (χ1v) is 16.6. The summed E-state index contributed by atoms with van der Waals surface area (Å²) in [5.41, 5.74) is -0.248. The number of ketones is 1. The van der Waals surface area contributed by atoms with Gasteiger partial charge in [0.25, 0.3) is 5.91 Å². The number of sulfone groups is 1. The van der Waals surface area contributed by atoms with Crippen molar-refractivity contribution in [2.24, 2.45) is 0 Å². The largest absolute Gasteiger partial charge is 0.347 e. The molecule has 3 atom stereocenters. The number of benzene rings is 2. The number of nitrogens with zero attached hydrogens (tertiary/aromatic N) is 1. The van der Waals surface area contributed by atoms with Gasteiger partial charge >= 0.3 is 0 Å². The molecule has 3 amide bonds. The Kier molecular flexibility index (Phi) is 8.89. The van der Waals surface area contributed by atoms with Crippen molar-refractivity contribution in [3.05, 3.63) is 63.9 Å². The lowest BCUT2D eigenvalue weighted by Gasteiger charge is -2.29. The highest BCUT2D eigenvalue weighted by Gasteiger charge is 2.57. The van der Waals surface area contributed by atoms with Crippen molar-refractivity contribution in [3.63, 3.8) is 0 Å². The first-order chi connectivity index (χ1) is 20.4. The van der Waals surface area contributed by atoms with Crippen molar-refractivity contribution in [2.45, 2.75) is 85.6 Å². The van der Waals surface area contributed by atoms with Crippen molar-refractivity contribution in [3.8, 4) is 0 Å². The molecule has 2 aromatic carbocycles. The smallest absolute Gasteiger partial charge is 0.289 e. The van der Waals surface area contributed by atoms with Crippen LogP contribution in [-0.4, -0.2) is 66.7 Å². The molecule has 3 aliphatic rings. The number of hydrogen-bond acceptors (Lipinski definition) is 6. The lowest BCUT2D eigenvalue weighted by Crippen LogP contribution is -2.54. The molecule has 43 heavy (non-hydrogen) atoms. The number of nitrogens with one attached hydrogen (secondary N) is 2. The van der Waals surface area contributed by atoms with Gasteiger partial charge in [0.2, 0.25) is 17.6 Å². The van der Waals surface area contributed by atoms with Gasteiger partial charge in [-0.1, -0.05) is 48.7 Å². The molecule has 13 heteroatoms. The Morgan fingerprint density at radius 1 is 1.07 bits per heavy atom. The minimum absolute atomic E-state index is 0.0516. The number of likely N-dealkylation sites (tertiary alicyclic amines) is 1. The standard InChI is InChI=1S/C30H32Cl2FN3O6S/c1-2-3-23(26(37)28(39)34-20-9-10-20)35-27(38)24-15-21(43(41,42)25-11-8-19(33)14-22(25)32)16-36(24)29(40)30(12-13-30)17-4-6-18(31)7-5-17/h4-8,11,14,20-21,23-24H,2-3,9-10,12-13,15-16H2,1H3,(H,34,39)(H,35,38)/t21-,23?,24+/m1/s1. The van der Waals surface area contributed by atoms with Crippen molar-refractivity contribution >= 4 is 56.5 Å². The molecule has 2 aromatic rings. The molecule has 1 heterocycles. The average molecular weight is 653 g/mol. The highest BCUT2D eigenvalue weighted by atomic mass is 35.5. The maximum atomic E-state index is 14.1. The minimum atomic E-state index is -4.21. The van der Waals surface area contributed by atoms with E-state index in [2.05, 4.69) is 10.6 Å². The predicted octanol–water partition coefficient (Wildman–Crippen LogP) is 3.74. The van der Waals surface area contributed by atoms with Crippen LogP contribution >= 0.6 is 23.2 Å². The molecule has 0 spiro atoms. The third-order valence-corrected chi connectivity index (χ3v) is 11.2. The van der Waals surface area contributed by atoms with E-state index in [4.69, 9.17) is 23.2 Å². The zero-order valence-electron chi connectivity index (χ0n) is 23.4. The molecule has 2 N–H and O–H groups in total. The predicted molar refractivity (Wildman–Crippen MR) is 158 cm³/mol. The fourth-order valence-electron chi connectivity index (χ4n) is 5.64. The molecule has 2 saturated carbocycles. The summed E-state index contributed by atoms with van der Waals surface area (Å²) in [7, 11) is -4.21. The third-order valence-electron chi connectivity index (χ3n) is 8.37. The molecule has 230 valence electrons. The van der Waals surface area contributed by atoms with Crippen molar-refractivity contribution in [1.29, 1.82) is 0 Å². The van der Waals surface area contributed by atoms with E-state index in [1.807, 2.05) is 0 Å².